The molecule has 0 aromatic carbocycles. The van der Waals surface area contributed by atoms with Crippen molar-refractivity contribution >= 4 is 18.3 Å². The van der Waals surface area contributed by atoms with Crippen molar-refractivity contribution in [3.05, 3.63) is 23.9 Å². The van der Waals surface area contributed by atoms with Gasteiger partial charge in [-0.2, -0.15) is 13.2 Å². The van der Waals surface area contributed by atoms with Crippen LogP contribution < -0.4 is 10.1 Å². The van der Waals surface area contributed by atoms with Crippen LogP contribution in [0.15, 0.2) is 18.3 Å². The first-order valence-electron chi connectivity index (χ1n) is 8.08. The average Bonchev–Trinajstić information content (AvgIpc) is 2.91. The zero-order valence-corrected chi connectivity index (χ0v) is 14.4. The predicted molar refractivity (Wildman–Crippen MR) is 88.0 cm³/mol. The highest BCUT2D eigenvalue weighted by molar-refractivity contribution is 5.94. The second kappa shape index (κ2) is 8.23. The fraction of sp³-hybridized carbons (Fsp3) is 0.625. The van der Waals surface area contributed by atoms with E-state index in [4.69, 9.17) is 0 Å². The van der Waals surface area contributed by atoms with Gasteiger partial charge >= 0.3 is 6.18 Å². The van der Waals surface area contributed by atoms with Crippen LogP contribution in [0.5, 0.6) is 5.88 Å². The van der Waals surface area contributed by atoms with Gasteiger partial charge in [-0.05, 0) is 43.8 Å². The van der Waals surface area contributed by atoms with Crippen LogP contribution in [0.2, 0.25) is 0 Å². The molecule has 0 saturated carbocycles. The molecule has 0 unspecified atom stereocenters. The third kappa shape index (κ3) is 5.22. The van der Waals surface area contributed by atoms with E-state index in [1.54, 1.807) is 0 Å². The highest BCUT2D eigenvalue weighted by atomic mass is 35.5. The molecular weight excluding hydrogens is 359 g/mol. The van der Waals surface area contributed by atoms with Gasteiger partial charge in [0.05, 0.1) is 5.56 Å². The van der Waals surface area contributed by atoms with E-state index in [1.807, 2.05) is 4.90 Å². The van der Waals surface area contributed by atoms with Gasteiger partial charge in [-0.15, -0.1) is 12.4 Å². The molecule has 2 atom stereocenters. The molecule has 0 aliphatic carbocycles. The Morgan fingerprint density at radius 3 is 2.40 bits per heavy atom. The van der Waals surface area contributed by atoms with E-state index < -0.39 is 12.8 Å². The maximum Gasteiger partial charge on any atom is 0.422 e. The maximum atomic E-state index is 12.6. The summed E-state index contributed by atoms with van der Waals surface area (Å²) < 4.78 is 40.9. The molecule has 25 heavy (non-hydrogen) atoms. The Balaban J connectivity index is 0.00000225. The highest BCUT2D eigenvalue weighted by Gasteiger charge is 2.32. The van der Waals surface area contributed by atoms with Crippen molar-refractivity contribution in [3.63, 3.8) is 0 Å². The first-order valence-corrected chi connectivity index (χ1v) is 8.08. The Morgan fingerprint density at radius 2 is 1.88 bits per heavy atom. The molecule has 1 amide bonds. The molecule has 9 heteroatoms. The van der Waals surface area contributed by atoms with Crippen LogP contribution in [0.1, 0.15) is 23.2 Å². The molecule has 0 bridgehead atoms. The lowest BCUT2D eigenvalue weighted by atomic mass is 9.92. The largest absolute Gasteiger partial charge is 0.468 e. The van der Waals surface area contributed by atoms with Crippen LogP contribution in [0.25, 0.3) is 0 Å². The van der Waals surface area contributed by atoms with E-state index >= 15 is 0 Å². The molecular formula is C16H21ClF3N3O2. The number of alkyl halides is 3. The summed E-state index contributed by atoms with van der Waals surface area (Å²) in [6.45, 7) is 2.04. The summed E-state index contributed by atoms with van der Waals surface area (Å²) in [6.07, 6.45) is -1.18. The minimum absolute atomic E-state index is 0. The van der Waals surface area contributed by atoms with E-state index in [1.165, 1.54) is 18.3 Å². The fourth-order valence-electron chi connectivity index (χ4n) is 3.35. The third-order valence-electron chi connectivity index (χ3n) is 4.67. The monoisotopic (exact) mass is 379 g/mol. The molecule has 2 aliphatic rings. The summed E-state index contributed by atoms with van der Waals surface area (Å²) in [6, 6.07) is 2.77. The van der Waals surface area contributed by atoms with Crippen molar-refractivity contribution in [2.75, 3.05) is 32.8 Å². The summed E-state index contributed by atoms with van der Waals surface area (Å²) in [5.41, 5.74) is 0.375. The summed E-state index contributed by atoms with van der Waals surface area (Å²) >= 11 is 0. The van der Waals surface area contributed by atoms with E-state index in [0.717, 1.165) is 25.9 Å². The number of carbonyl (C=O) groups excluding carboxylic acids is 1. The molecule has 0 spiro atoms. The van der Waals surface area contributed by atoms with Gasteiger partial charge in [0.15, 0.2) is 6.61 Å². The number of carbonyl (C=O) groups is 1. The SMILES string of the molecule is Cl.O=C(c1ccc(OCC(F)(F)F)nc1)N1CC[C@@H]2CNC[C@@H]2CC1. The first-order chi connectivity index (χ1) is 11.4. The number of fused-ring (bicyclic) bond motifs is 1. The van der Waals surface area contributed by atoms with Gasteiger partial charge in [-0.1, -0.05) is 0 Å². The Labute approximate surface area is 150 Å². The number of halogens is 4. The molecule has 1 aromatic rings. The molecule has 1 N–H and O–H groups in total. The summed E-state index contributed by atoms with van der Waals surface area (Å²) in [5, 5.41) is 3.39. The maximum absolute atomic E-state index is 12.6. The number of likely N-dealkylation sites (tertiary alicyclic amines) is 1. The lowest BCUT2D eigenvalue weighted by molar-refractivity contribution is -0.154. The van der Waals surface area contributed by atoms with Gasteiger partial charge < -0.3 is 15.0 Å². The van der Waals surface area contributed by atoms with Gasteiger partial charge in [0.25, 0.3) is 5.91 Å². The van der Waals surface area contributed by atoms with Gasteiger partial charge in [0, 0.05) is 25.4 Å². The standard InChI is InChI=1S/C16H20F3N3O2.ClH/c17-16(18,19)10-24-14-2-1-13(9-21-14)15(23)22-5-3-11-7-20-8-12(11)4-6-22;/h1-2,9,11-12,20H,3-8,10H2;1H/t11-,12+;. The van der Waals surface area contributed by atoms with E-state index in [9.17, 15) is 18.0 Å². The summed E-state index contributed by atoms with van der Waals surface area (Å²) in [4.78, 5) is 18.2. The molecule has 2 saturated heterocycles. The number of rotatable bonds is 3. The fourth-order valence-corrected chi connectivity index (χ4v) is 3.35. The zero-order chi connectivity index (χ0) is 17.2. The topological polar surface area (TPSA) is 54.5 Å². The minimum Gasteiger partial charge on any atom is -0.468 e. The first kappa shape index (κ1) is 19.8. The predicted octanol–water partition coefficient (Wildman–Crippen LogP) is 2.52. The Hall–Kier alpha value is -1.54. The van der Waals surface area contributed by atoms with Crippen molar-refractivity contribution in [2.24, 2.45) is 11.8 Å². The number of amides is 1. The number of nitrogens with one attached hydrogen (secondary N) is 1. The van der Waals surface area contributed by atoms with Crippen LogP contribution in [0.4, 0.5) is 13.2 Å². The van der Waals surface area contributed by atoms with Crippen molar-refractivity contribution in [1.29, 1.82) is 0 Å². The normalized spacial score (nSPS) is 23.4. The third-order valence-corrected chi connectivity index (χ3v) is 4.67. The molecule has 2 fully saturated rings. The second-order valence-corrected chi connectivity index (χ2v) is 6.34. The van der Waals surface area contributed by atoms with Crippen molar-refractivity contribution in [2.45, 2.75) is 19.0 Å². The van der Waals surface area contributed by atoms with Crippen LogP contribution >= 0.6 is 12.4 Å². The number of hydrogen-bond acceptors (Lipinski definition) is 4. The summed E-state index contributed by atoms with van der Waals surface area (Å²) in [5.74, 6) is 0.983. The number of pyridine rings is 1. The molecule has 2 aliphatic heterocycles. The number of aromatic nitrogens is 1. The van der Waals surface area contributed by atoms with Gasteiger partial charge in [0.1, 0.15) is 0 Å². The summed E-state index contributed by atoms with van der Waals surface area (Å²) in [7, 11) is 0. The van der Waals surface area contributed by atoms with Gasteiger partial charge in [-0.3, -0.25) is 4.79 Å². The van der Waals surface area contributed by atoms with E-state index in [0.29, 0.717) is 30.5 Å². The van der Waals surface area contributed by atoms with Gasteiger partial charge in [-0.25, -0.2) is 4.98 Å². The minimum atomic E-state index is -4.41. The lowest BCUT2D eigenvalue weighted by Crippen LogP contribution is -2.32. The van der Waals surface area contributed by atoms with Crippen molar-refractivity contribution in [1.82, 2.24) is 15.2 Å². The number of nitrogens with zero attached hydrogens (tertiary/aromatic N) is 2. The molecule has 5 nitrogen and oxygen atoms in total. The molecule has 3 heterocycles. The second-order valence-electron chi connectivity index (χ2n) is 6.34. The molecule has 0 radical (unpaired) electrons. The van der Waals surface area contributed by atoms with Crippen LogP contribution in [-0.4, -0.2) is 54.8 Å². The lowest BCUT2D eigenvalue weighted by Gasteiger charge is -2.21. The van der Waals surface area contributed by atoms with Crippen LogP contribution in [-0.2, 0) is 0 Å². The van der Waals surface area contributed by atoms with Crippen molar-refractivity contribution < 1.29 is 22.7 Å². The van der Waals surface area contributed by atoms with Crippen molar-refractivity contribution in [3.8, 4) is 5.88 Å². The molecule has 140 valence electrons. The molecule has 3 rings (SSSR count). The van der Waals surface area contributed by atoms with Gasteiger partial charge in [0.2, 0.25) is 5.88 Å². The number of hydrogen-bond donors (Lipinski definition) is 1. The van der Waals surface area contributed by atoms with E-state index in [2.05, 4.69) is 15.0 Å². The quantitative estimate of drug-likeness (QED) is 0.876. The Bertz CT molecular complexity index is 569. The Morgan fingerprint density at radius 1 is 1.24 bits per heavy atom. The highest BCUT2D eigenvalue weighted by Crippen LogP contribution is 2.27. The van der Waals surface area contributed by atoms with E-state index in [-0.39, 0.29) is 24.2 Å². The average molecular weight is 380 g/mol. The number of ether oxygens (including phenoxy) is 1. The molecule has 1 aromatic heterocycles. The van der Waals surface area contributed by atoms with Crippen LogP contribution in [0.3, 0.4) is 0 Å². The van der Waals surface area contributed by atoms with Crippen LogP contribution in [0, 0.1) is 11.8 Å². The Kier molecular flexibility index (Phi) is 6.51. The smallest absolute Gasteiger partial charge is 0.422 e. The zero-order valence-electron chi connectivity index (χ0n) is 13.6.